The molecule has 0 aliphatic carbocycles. The average molecular weight is 509 g/mol. The van der Waals surface area contributed by atoms with Gasteiger partial charge in [-0.1, -0.05) is 48.0 Å². The van der Waals surface area contributed by atoms with Gasteiger partial charge in [0, 0.05) is 35.6 Å². The Kier molecular flexibility index (Phi) is 8.09. The molecule has 1 saturated heterocycles. The molecule has 1 aliphatic heterocycles. The molecule has 35 heavy (non-hydrogen) atoms. The van der Waals surface area contributed by atoms with Crippen LogP contribution in [-0.4, -0.2) is 53.6 Å². The van der Waals surface area contributed by atoms with Gasteiger partial charge in [-0.05, 0) is 43.6 Å². The van der Waals surface area contributed by atoms with Crippen molar-refractivity contribution in [1.82, 2.24) is 15.2 Å². The van der Waals surface area contributed by atoms with E-state index in [9.17, 15) is 9.59 Å². The molecular formula is C26H28N4O3S2. The molecule has 3 aromatic rings. The first-order valence-electron chi connectivity index (χ1n) is 11.5. The van der Waals surface area contributed by atoms with Crippen molar-refractivity contribution in [3.63, 3.8) is 0 Å². The van der Waals surface area contributed by atoms with Crippen LogP contribution in [0.1, 0.15) is 39.8 Å². The minimum absolute atomic E-state index is 0.0628. The Bertz CT molecular complexity index is 1200. The molecule has 182 valence electrons. The zero-order valence-corrected chi connectivity index (χ0v) is 21.4. The first kappa shape index (κ1) is 24.8. The molecule has 1 amide bonds. The molecule has 2 heterocycles. The van der Waals surface area contributed by atoms with Crippen LogP contribution in [-0.2, 0) is 9.53 Å². The van der Waals surface area contributed by atoms with Crippen LogP contribution in [0, 0.1) is 6.92 Å². The van der Waals surface area contributed by atoms with E-state index in [-0.39, 0.29) is 24.3 Å². The lowest BCUT2D eigenvalue weighted by molar-refractivity contribution is -0.139. The number of ether oxygens (including phenoxy) is 1. The molecule has 1 aromatic heterocycles. The molecule has 1 fully saturated rings. The minimum atomic E-state index is -0.350. The molecular weight excluding hydrogens is 480 g/mol. The number of thiocarbonyl (C=S) groups is 1. The number of para-hydroxylation sites is 1. The van der Waals surface area contributed by atoms with Gasteiger partial charge in [-0.15, -0.1) is 11.3 Å². The summed E-state index contributed by atoms with van der Waals surface area (Å²) >= 11 is 6.91. The topological polar surface area (TPSA) is 83.6 Å². The number of benzene rings is 2. The van der Waals surface area contributed by atoms with Crippen LogP contribution >= 0.6 is 23.6 Å². The molecule has 9 heteroatoms. The Morgan fingerprint density at radius 1 is 1.14 bits per heavy atom. The largest absolute Gasteiger partial charge is 0.468 e. The third-order valence-corrected chi connectivity index (χ3v) is 7.45. The van der Waals surface area contributed by atoms with E-state index >= 15 is 0 Å². The Labute approximate surface area is 214 Å². The SMILES string of the molecule is COC(=O)CNC(=S)N1CCC(c2nc(C(=O)Nc3ccccc3-c3ccc(C)cc3)cs2)CC1. The van der Waals surface area contributed by atoms with Gasteiger partial charge in [0.05, 0.1) is 12.1 Å². The minimum Gasteiger partial charge on any atom is -0.468 e. The van der Waals surface area contributed by atoms with Gasteiger partial charge < -0.3 is 20.3 Å². The van der Waals surface area contributed by atoms with Crippen molar-refractivity contribution in [2.75, 3.05) is 32.1 Å². The highest BCUT2D eigenvalue weighted by Gasteiger charge is 2.25. The summed E-state index contributed by atoms with van der Waals surface area (Å²) in [6.07, 6.45) is 1.76. The Morgan fingerprint density at radius 3 is 2.57 bits per heavy atom. The van der Waals surface area contributed by atoms with Crippen molar-refractivity contribution in [2.45, 2.75) is 25.7 Å². The number of nitrogens with zero attached hydrogens (tertiary/aromatic N) is 2. The average Bonchev–Trinajstić information content (AvgIpc) is 3.39. The van der Waals surface area contributed by atoms with Crippen molar-refractivity contribution in [3.8, 4) is 11.1 Å². The highest BCUT2D eigenvalue weighted by atomic mass is 32.1. The van der Waals surface area contributed by atoms with E-state index in [2.05, 4.69) is 56.4 Å². The molecule has 1 aliphatic rings. The molecule has 2 aromatic carbocycles. The molecule has 2 N–H and O–H groups in total. The number of nitrogens with one attached hydrogen (secondary N) is 2. The summed E-state index contributed by atoms with van der Waals surface area (Å²) in [5.74, 6) is -0.281. The van der Waals surface area contributed by atoms with Crippen molar-refractivity contribution < 1.29 is 14.3 Å². The third-order valence-electron chi connectivity index (χ3n) is 6.04. The Morgan fingerprint density at radius 2 is 1.86 bits per heavy atom. The summed E-state index contributed by atoms with van der Waals surface area (Å²) in [7, 11) is 1.35. The first-order valence-corrected chi connectivity index (χ1v) is 12.8. The van der Waals surface area contributed by atoms with Gasteiger partial charge in [-0.3, -0.25) is 9.59 Å². The zero-order chi connectivity index (χ0) is 24.8. The summed E-state index contributed by atoms with van der Waals surface area (Å²) in [4.78, 5) is 31.0. The number of hydrogen-bond donors (Lipinski definition) is 2. The maximum absolute atomic E-state index is 13.0. The van der Waals surface area contributed by atoms with Crippen LogP contribution in [0.2, 0.25) is 0 Å². The highest BCUT2D eigenvalue weighted by molar-refractivity contribution is 7.80. The lowest BCUT2D eigenvalue weighted by atomic mass is 9.98. The second-order valence-electron chi connectivity index (χ2n) is 8.43. The van der Waals surface area contributed by atoms with Gasteiger partial charge in [-0.2, -0.15) is 0 Å². The fourth-order valence-corrected chi connectivity index (χ4v) is 5.23. The van der Waals surface area contributed by atoms with Crippen LogP contribution in [0.25, 0.3) is 11.1 Å². The van der Waals surface area contributed by atoms with Crippen molar-refractivity contribution >= 4 is 46.2 Å². The number of carbonyl (C=O) groups excluding carboxylic acids is 2. The van der Waals surface area contributed by atoms with Gasteiger partial charge in [0.1, 0.15) is 12.2 Å². The van der Waals surface area contributed by atoms with Crippen LogP contribution in [0.15, 0.2) is 53.9 Å². The molecule has 4 rings (SSSR count). The zero-order valence-electron chi connectivity index (χ0n) is 19.7. The maximum atomic E-state index is 13.0. The fraction of sp³-hybridized carbons (Fsp3) is 0.308. The molecule has 0 bridgehead atoms. The molecule has 0 unspecified atom stereocenters. The second-order valence-corrected chi connectivity index (χ2v) is 9.71. The summed E-state index contributed by atoms with van der Waals surface area (Å²) < 4.78 is 4.64. The highest BCUT2D eigenvalue weighted by Crippen LogP contribution is 2.32. The number of methoxy groups -OCH3 is 1. The quantitative estimate of drug-likeness (QED) is 0.372. The fourth-order valence-electron chi connectivity index (χ4n) is 4.00. The van der Waals surface area contributed by atoms with Crippen molar-refractivity contribution in [1.29, 1.82) is 0 Å². The number of aromatic nitrogens is 1. The predicted molar refractivity (Wildman–Crippen MR) is 143 cm³/mol. The lowest BCUT2D eigenvalue weighted by Crippen LogP contribution is -2.45. The molecule has 7 nitrogen and oxygen atoms in total. The summed E-state index contributed by atoms with van der Waals surface area (Å²) in [5, 5.41) is 9.33. The second kappa shape index (κ2) is 11.4. The molecule has 0 atom stereocenters. The number of piperidine rings is 1. The van der Waals surface area contributed by atoms with E-state index in [0.717, 1.165) is 47.8 Å². The van der Waals surface area contributed by atoms with E-state index in [1.165, 1.54) is 24.0 Å². The number of likely N-dealkylation sites (tertiary alicyclic amines) is 1. The number of aryl methyl sites for hydroxylation is 1. The van der Waals surface area contributed by atoms with E-state index in [4.69, 9.17) is 12.2 Å². The first-order chi connectivity index (χ1) is 16.9. The van der Waals surface area contributed by atoms with E-state index in [0.29, 0.717) is 10.8 Å². The smallest absolute Gasteiger partial charge is 0.325 e. The summed E-state index contributed by atoms with van der Waals surface area (Å²) in [6.45, 7) is 3.65. The number of anilines is 1. The summed E-state index contributed by atoms with van der Waals surface area (Å²) in [5.41, 5.74) is 4.41. The molecule has 0 spiro atoms. The van der Waals surface area contributed by atoms with E-state index in [1.807, 2.05) is 29.6 Å². The van der Waals surface area contributed by atoms with E-state index < -0.39 is 0 Å². The predicted octanol–water partition coefficient (Wildman–Crippen LogP) is 4.60. The lowest BCUT2D eigenvalue weighted by Gasteiger charge is -2.33. The van der Waals surface area contributed by atoms with Crippen LogP contribution in [0.5, 0.6) is 0 Å². The Balaban J connectivity index is 1.36. The van der Waals surface area contributed by atoms with Gasteiger partial charge in [0.25, 0.3) is 5.91 Å². The number of rotatable bonds is 6. The third kappa shape index (κ3) is 6.23. The normalized spacial score (nSPS) is 13.8. The number of thiazole rings is 1. The number of carbonyl (C=O) groups is 2. The molecule has 0 radical (unpaired) electrons. The summed E-state index contributed by atoms with van der Waals surface area (Å²) in [6, 6.07) is 16.0. The van der Waals surface area contributed by atoms with Crippen LogP contribution in [0.3, 0.4) is 0 Å². The van der Waals surface area contributed by atoms with E-state index in [1.54, 1.807) is 0 Å². The van der Waals surface area contributed by atoms with Crippen molar-refractivity contribution in [3.05, 3.63) is 70.2 Å². The van der Waals surface area contributed by atoms with Gasteiger partial charge in [-0.25, -0.2) is 4.98 Å². The standard InChI is InChI=1S/C26H28N4O3S2/c1-17-7-9-18(10-8-17)20-5-3-4-6-21(20)28-24(32)22-16-35-25(29-22)19-11-13-30(14-12-19)26(34)27-15-23(31)33-2/h3-10,16,19H,11-15H2,1-2H3,(H,27,34)(H,28,32). The maximum Gasteiger partial charge on any atom is 0.325 e. The molecule has 0 saturated carbocycles. The monoisotopic (exact) mass is 508 g/mol. The van der Waals surface area contributed by atoms with Crippen LogP contribution < -0.4 is 10.6 Å². The van der Waals surface area contributed by atoms with Gasteiger partial charge in [0.15, 0.2) is 5.11 Å². The number of hydrogen-bond acceptors (Lipinski definition) is 6. The van der Waals surface area contributed by atoms with Crippen LogP contribution in [0.4, 0.5) is 5.69 Å². The Hall–Kier alpha value is -3.30. The van der Waals surface area contributed by atoms with Gasteiger partial charge in [0.2, 0.25) is 0 Å². The van der Waals surface area contributed by atoms with Gasteiger partial charge >= 0.3 is 5.97 Å². The number of amides is 1. The number of esters is 1. The van der Waals surface area contributed by atoms with Crippen molar-refractivity contribution in [2.24, 2.45) is 0 Å².